The highest BCUT2D eigenvalue weighted by Gasteiger charge is 2.21. The summed E-state index contributed by atoms with van der Waals surface area (Å²) in [6.45, 7) is 3.40. The van der Waals surface area contributed by atoms with Gasteiger partial charge in [0.05, 0.1) is 20.4 Å². The van der Waals surface area contributed by atoms with Crippen LogP contribution in [0.3, 0.4) is 0 Å². The van der Waals surface area contributed by atoms with Gasteiger partial charge in [-0.05, 0) is 43.7 Å². The third-order valence-electron chi connectivity index (χ3n) is 4.03. The van der Waals surface area contributed by atoms with Crippen LogP contribution in [0.2, 0.25) is 0 Å². The van der Waals surface area contributed by atoms with Crippen LogP contribution in [-0.4, -0.2) is 26.8 Å². The van der Waals surface area contributed by atoms with Crippen LogP contribution in [0, 0.1) is 10.1 Å². The number of Topliss-reactive ketones (excluding diaryl/α,β-unsaturated/α-hetero) is 1. The first-order chi connectivity index (χ1) is 13.4. The Bertz CT molecular complexity index is 1050. The van der Waals surface area contributed by atoms with Crippen molar-refractivity contribution >= 4 is 56.4 Å². The lowest BCUT2D eigenvalue weighted by Crippen LogP contribution is -2.24. The van der Waals surface area contributed by atoms with Crippen molar-refractivity contribution in [1.82, 2.24) is 4.98 Å². The Labute approximate surface area is 169 Å². The number of thioether (sulfide) groups is 1. The molecule has 0 radical (unpaired) electrons. The quantitative estimate of drug-likeness (QED) is 0.254. The summed E-state index contributed by atoms with van der Waals surface area (Å²) in [7, 11) is 0. The number of benzene rings is 2. The van der Waals surface area contributed by atoms with Crippen molar-refractivity contribution in [3.63, 3.8) is 0 Å². The van der Waals surface area contributed by atoms with Gasteiger partial charge in [-0.15, -0.1) is 11.3 Å². The fraction of sp³-hybridized carbons (Fsp3) is 0.211. The average molecular weight is 415 g/mol. The van der Waals surface area contributed by atoms with E-state index < -0.39 is 4.92 Å². The summed E-state index contributed by atoms with van der Waals surface area (Å²) in [5, 5.41) is 13.4. The highest BCUT2D eigenvalue weighted by atomic mass is 32.2. The maximum atomic E-state index is 12.6. The second-order valence-electron chi connectivity index (χ2n) is 6.03. The van der Waals surface area contributed by atoms with Crippen molar-refractivity contribution in [2.75, 3.05) is 5.32 Å². The van der Waals surface area contributed by atoms with E-state index in [1.807, 2.05) is 6.92 Å². The molecule has 28 heavy (non-hydrogen) atoms. The number of amides is 1. The van der Waals surface area contributed by atoms with Crippen LogP contribution in [0.25, 0.3) is 10.2 Å². The van der Waals surface area contributed by atoms with E-state index in [0.717, 1.165) is 0 Å². The Balaban J connectivity index is 1.72. The molecule has 3 aromatic rings. The van der Waals surface area contributed by atoms with Crippen molar-refractivity contribution in [3.8, 4) is 0 Å². The van der Waals surface area contributed by atoms with Crippen LogP contribution in [0.5, 0.6) is 0 Å². The van der Waals surface area contributed by atoms with Crippen LogP contribution in [-0.2, 0) is 4.79 Å². The molecular formula is C19H17N3O4S2. The van der Waals surface area contributed by atoms with Gasteiger partial charge in [0, 0.05) is 23.4 Å². The number of ketones is 1. The lowest BCUT2D eigenvalue weighted by atomic mass is 10.1. The number of rotatable bonds is 7. The highest BCUT2D eigenvalue weighted by molar-refractivity contribution is 8.02. The number of hydrogen-bond acceptors (Lipinski definition) is 7. The highest BCUT2D eigenvalue weighted by Crippen LogP contribution is 2.35. The molecule has 0 aliphatic heterocycles. The summed E-state index contributed by atoms with van der Waals surface area (Å²) < 4.78 is 1.40. The van der Waals surface area contributed by atoms with E-state index in [4.69, 9.17) is 0 Å². The summed E-state index contributed by atoms with van der Waals surface area (Å²) in [6.07, 6.45) is 0.595. The first-order valence-electron chi connectivity index (χ1n) is 8.51. The SMILES string of the molecule is CC[C@H](Sc1nc2ccc([N+](=O)[O-])cc2s1)C(=O)Nc1ccc(C(C)=O)cc1. The second kappa shape index (κ2) is 8.49. The number of nitrogens with zero attached hydrogens (tertiary/aromatic N) is 2. The molecule has 144 valence electrons. The predicted octanol–water partition coefficient (Wildman–Crippen LogP) is 4.92. The number of fused-ring (bicyclic) bond motifs is 1. The number of hydrogen-bond donors (Lipinski definition) is 1. The summed E-state index contributed by atoms with van der Waals surface area (Å²) in [5.74, 6) is -0.191. The van der Waals surface area contributed by atoms with Gasteiger partial charge in [-0.3, -0.25) is 19.7 Å². The molecule has 9 heteroatoms. The van der Waals surface area contributed by atoms with Gasteiger partial charge in [0.1, 0.15) is 0 Å². The number of nitrogens with one attached hydrogen (secondary N) is 1. The van der Waals surface area contributed by atoms with Crippen molar-refractivity contribution in [3.05, 3.63) is 58.1 Å². The molecule has 0 fully saturated rings. The van der Waals surface area contributed by atoms with Crippen molar-refractivity contribution in [2.45, 2.75) is 29.9 Å². The molecule has 1 aromatic heterocycles. The molecule has 1 heterocycles. The normalized spacial score (nSPS) is 11.9. The maximum Gasteiger partial charge on any atom is 0.270 e. The van der Waals surface area contributed by atoms with Gasteiger partial charge in [0.2, 0.25) is 5.91 Å². The van der Waals surface area contributed by atoms with E-state index in [1.165, 1.54) is 42.2 Å². The number of carbonyl (C=O) groups is 2. The number of aromatic nitrogens is 1. The molecule has 0 unspecified atom stereocenters. The van der Waals surface area contributed by atoms with Crippen molar-refractivity contribution in [2.24, 2.45) is 0 Å². The summed E-state index contributed by atoms with van der Waals surface area (Å²) in [4.78, 5) is 38.9. The fourth-order valence-electron chi connectivity index (χ4n) is 2.51. The minimum atomic E-state index is -0.439. The minimum Gasteiger partial charge on any atom is -0.325 e. The topological polar surface area (TPSA) is 102 Å². The van der Waals surface area contributed by atoms with Crippen molar-refractivity contribution in [1.29, 1.82) is 0 Å². The molecule has 3 rings (SSSR count). The van der Waals surface area contributed by atoms with Gasteiger partial charge < -0.3 is 5.32 Å². The van der Waals surface area contributed by atoms with Crippen LogP contribution in [0.1, 0.15) is 30.6 Å². The molecule has 1 atom stereocenters. The van der Waals surface area contributed by atoms with Gasteiger partial charge in [-0.25, -0.2) is 4.98 Å². The number of anilines is 1. The lowest BCUT2D eigenvalue weighted by molar-refractivity contribution is -0.384. The lowest BCUT2D eigenvalue weighted by Gasteiger charge is -2.13. The first kappa shape index (κ1) is 20.0. The van der Waals surface area contributed by atoms with Crippen LogP contribution in [0.15, 0.2) is 46.8 Å². The standard InChI is InChI=1S/C19H17N3O4S2/c1-3-16(18(24)20-13-6-4-12(5-7-13)11(2)23)27-19-21-15-9-8-14(22(25)26)10-17(15)28-19/h4-10,16H,3H2,1-2H3,(H,20,24)/t16-/m0/s1. The maximum absolute atomic E-state index is 12.6. The zero-order valence-corrected chi connectivity index (χ0v) is 16.8. The molecular weight excluding hydrogens is 398 g/mol. The van der Waals surface area contributed by atoms with E-state index in [9.17, 15) is 19.7 Å². The molecule has 1 amide bonds. The number of thiazole rings is 1. The molecule has 0 spiro atoms. The molecule has 0 saturated heterocycles. The zero-order valence-electron chi connectivity index (χ0n) is 15.2. The van der Waals surface area contributed by atoms with Crippen LogP contribution >= 0.6 is 23.1 Å². The van der Waals surface area contributed by atoms with E-state index in [0.29, 0.717) is 32.2 Å². The zero-order chi connectivity index (χ0) is 20.3. The van der Waals surface area contributed by atoms with Crippen molar-refractivity contribution < 1.29 is 14.5 Å². The summed E-state index contributed by atoms with van der Waals surface area (Å²) in [5.41, 5.74) is 1.90. The van der Waals surface area contributed by atoms with Gasteiger partial charge >= 0.3 is 0 Å². The van der Waals surface area contributed by atoms with E-state index >= 15 is 0 Å². The van der Waals surface area contributed by atoms with Crippen LogP contribution in [0.4, 0.5) is 11.4 Å². The number of carbonyl (C=O) groups excluding carboxylic acids is 2. The largest absolute Gasteiger partial charge is 0.325 e. The molecule has 1 N–H and O–H groups in total. The predicted molar refractivity (Wildman–Crippen MR) is 111 cm³/mol. The Morgan fingerprint density at radius 3 is 2.57 bits per heavy atom. The fourth-order valence-corrected chi connectivity index (χ4v) is 4.78. The molecule has 7 nitrogen and oxygen atoms in total. The third-order valence-corrected chi connectivity index (χ3v) is 6.50. The first-order valence-corrected chi connectivity index (χ1v) is 10.2. The van der Waals surface area contributed by atoms with Crippen LogP contribution < -0.4 is 5.32 Å². The molecule has 0 bridgehead atoms. The Morgan fingerprint density at radius 1 is 1.25 bits per heavy atom. The van der Waals surface area contributed by atoms with Gasteiger partial charge in [-0.2, -0.15) is 0 Å². The molecule has 0 aliphatic carbocycles. The number of nitro groups is 1. The smallest absolute Gasteiger partial charge is 0.270 e. The Morgan fingerprint density at radius 2 is 1.96 bits per heavy atom. The van der Waals surface area contributed by atoms with E-state index in [1.54, 1.807) is 30.3 Å². The molecule has 0 aliphatic rings. The number of nitro benzene ring substituents is 1. The van der Waals surface area contributed by atoms with Gasteiger partial charge in [-0.1, -0.05) is 18.7 Å². The van der Waals surface area contributed by atoms with Gasteiger partial charge in [0.15, 0.2) is 10.1 Å². The third kappa shape index (κ3) is 4.55. The summed E-state index contributed by atoms with van der Waals surface area (Å²) >= 11 is 2.67. The average Bonchev–Trinajstić information content (AvgIpc) is 3.08. The molecule has 0 saturated carbocycles. The molecule has 2 aromatic carbocycles. The Hall–Kier alpha value is -2.78. The van der Waals surface area contributed by atoms with E-state index in [2.05, 4.69) is 10.3 Å². The van der Waals surface area contributed by atoms with Gasteiger partial charge in [0.25, 0.3) is 5.69 Å². The monoisotopic (exact) mass is 415 g/mol. The van der Waals surface area contributed by atoms with E-state index in [-0.39, 0.29) is 22.6 Å². The number of non-ortho nitro benzene ring substituents is 1. The minimum absolute atomic E-state index is 0.0199. The summed E-state index contributed by atoms with van der Waals surface area (Å²) in [6, 6.07) is 11.3. The second-order valence-corrected chi connectivity index (χ2v) is 8.51. The Kier molecular flexibility index (Phi) is 6.05.